The summed E-state index contributed by atoms with van der Waals surface area (Å²) in [6.07, 6.45) is 0.197. The number of imide groups is 2. The van der Waals surface area contributed by atoms with Gasteiger partial charge in [0, 0.05) is 5.02 Å². The molecule has 166 valence electrons. The number of carbonyl (C=O) groups excluding carboxylic acids is 3. The molecule has 1 aliphatic rings. The molecule has 32 heavy (non-hydrogen) atoms. The van der Waals surface area contributed by atoms with Gasteiger partial charge in [0.05, 0.1) is 12.3 Å². The van der Waals surface area contributed by atoms with Gasteiger partial charge >= 0.3 is 12.0 Å². The van der Waals surface area contributed by atoms with Gasteiger partial charge in [0.2, 0.25) is 0 Å². The Hall–Kier alpha value is -3.85. The van der Waals surface area contributed by atoms with E-state index in [9.17, 15) is 19.2 Å². The van der Waals surface area contributed by atoms with E-state index in [2.05, 4.69) is 5.32 Å². The van der Waals surface area contributed by atoms with E-state index >= 15 is 0 Å². The summed E-state index contributed by atoms with van der Waals surface area (Å²) >= 11 is 5.86. The molecule has 2 aromatic rings. The topological polar surface area (TPSA) is 122 Å². The number of urea groups is 1. The number of halogens is 1. The zero-order chi connectivity index (χ0) is 23.4. The van der Waals surface area contributed by atoms with Gasteiger partial charge in [0.15, 0.2) is 17.6 Å². The van der Waals surface area contributed by atoms with Crippen LogP contribution in [-0.2, 0) is 14.4 Å². The van der Waals surface area contributed by atoms with Crippen molar-refractivity contribution in [1.29, 1.82) is 0 Å². The van der Waals surface area contributed by atoms with E-state index in [-0.39, 0.29) is 29.4 Å². The summed E-state index contributed by atoms with van der Waals surface area (Å²) in [4.78, 5) is 49.5. The predicted molar refractivity (Wildman–Crippen MR) is 116 cm³/mol. The second kappa shape index (κ2) is 9.52. The minimum absolute atomic E-state index is 0.196. The van der Waals surface area contributed by atoms with Crippen molar-refractivity contribution in [1.82, 2.24) is 5.32 Å². The number of carboxylic acid groups (broad SMARTS) is 1. The molecule has 2 aromatic carbocycles. The second-order valence-electron chi connectivity index (χ2n) is 6.67. The van der Waals surface area contributed by atoms with Crippen molar-refractivity contribution in [3.8, 4) is 11.5 Å². The minimum atomic E-state index is -1.14. The summed E-state index contributed by atoms with van der Waals surface area (Å²) in [6, 6.07) is 9.63. The summed E-state index contributed by atoms with van der Waals surface area (Å²) in [5.74, 6) is -2.36. The molecule has 1 heterocycles. The van der Waals surface area contributed by atoms with E-state index in [0.29, 0.717) is 10.6 Å². The third-order valence-electron chi connectivity index (χ3n) is 4.42. The van der Waals surface area contributed by atoms with Gasteiger partial charge in [-0.2, -0.15) is 0 Å². The number of anilines is 1. The van der Waals surface area contributed by atoms with E-state index in [1.54, 1.807) is 6.92 Å². The first-order valence-corrected chi connectivity index (χ1v) is 9.92. The van der Waals surface area contributed by atoms with E-state index in [1.807, 2.05) is 0 Å². The van der Waals surface area contributed by atoms with E-state index in [1.165, 1.54) is 55.5 Å². The molecule has 1 aliphatic heterocycles. The number of barbiturate groups is 1. The van der Waals surface area contributed by atoms with Crippen molar-refractivity contribution in [2.75, 3.05) is 11.5 Å². The monoisotopic (exact) mass is 458 g/mol. The van der Waals surface area contributed by atoms with Crippen molar-refractivity contribution in [3.63, 3.8) is 0 Å². The average molecular weight is 459 g/mol. The largest absolute Gasteiger partial charge is 0.490 e. The number of benzene rings is 2. The number of rotatable bonds is 7. The molecule has 1 atom stereocenters. The van der Waals surface area contributed by atoms with E-state index < -0.39 is 29.9 Å². The number of hydrogen-bond donors (Lipinski definition) is 2. The first-order chi connectivity index (χ1) is 15.2. The van der Waals surface area contributed by atoms with Crippen molar-refractivity contribution in [3.05, 3.63) is 58.6 Å². The van der Waals surface area contributed by atoms with Crippen molar-refractivity contribution >= 4 is 47.2 Å². The van der Waals surface area contributed by atoms with Gasteiger partial charge in [0.25, 0.3) is 11.8 Å². The standard InChI is InChI=1S/C22H19ClN2O7/c1-3-31-18-11-13(4-9-17(18)32-12(2)21(28)29)10-16-19(26)24-22(30)25(20(16)27)15-7-5-14(23)6-8-15/h4-12H,3H2,1-2H3,(H,28,29)(H,24,26,30)/b16-10+/t12-/m0/s1. The molecule has 0 unspecified atom stereocenters. The fraction of sp³-hybridized carbons (Fsp3) is 0.182. The van der Waals surface area contributed by atoms with Gasteiger partial charge in [-0.05, 0) is 61.9 Å². The molecule has 3 rings (SSSR count). The fourth-order valence-corrected chi connectivity index (χ4v) is 3.00. The summed E-state index contributed by atoms with van der Waals surface area (Å²) in [7, 11) is 0. The number of hydrogen-bond acceptors (Lipinski definition) is 6. The van der Waals surface area contributed by atoms with Crippen LogP contribution in [0.15, 0.2) is 48.0 Å². The van der Waals surface area contributed by atoms with Crippen LogP contribution in [0.2, 0.25) is 5.02 Å². The van der Waals surface area contributed by atoms with Crippen molar-refractivity contribution < 1.29 is 33.8 Å². The molecule has 0 spiro atoms. The zero-order valence-corrected chi connectivity index (χ0v) is 17.9. The zero-order valence-electron chi connectivity index (χ0n) is 17.1. The fourth-order valence-electron chi connectivity index (χ4n) is 2.87. The lowest BCUT2D eigenvalue weighted by Gasteiger charge is -2.26. The SMILES string of the molecule is CCOc1cc(/C=C2\C(=O)NC(=O)N(c3ccc(Cl)cc3)C2=O)ccc1O[C@@H](C)C(=O)O. The summed E-state index contributed by atoms with van der Waals surface area (Å²) < 4.78 is 10.9. The van der Waals surface area contributed by atoms with E-state index in [0.717, 1.165) is 4.90 Å². The molecule has 0 radical (unpaired) electrons. The van der Waals surface area contributed by atoms with Crippen LogP contribution in [0.1, 0.15) is 19.4 Å². The highest BCUT2D eigenvalue weighted by Gasteiger charge is 2.36. The van der Waals surface area contributed by atoms with Crippen LogP contribution in [0, 0.1) is 0 Å². The molecule has 1 fully saturated rings. The van der Waals surface area contributed by atoms with Crippen LogP contribution in [0.25, 0.3) is 6.08 Å². The second-order valence-corrected chi connectivity index (χ2v) is 7.11. The van der Waals surface area contributed by atoms with Gasteiger partial charge < -0.3 is 14.6 Å². The minimum Gasteiger partial charge on any atom is -0.490 e. The van der Waals surface area contributed by atoms with Crippen molar-refractivity contribution in [2.24, 2.45) is 0 Å². The van der Waals surface area contributed by atoms with Crippen LogP contribution < -0.4 is 19.7 Å². The number of aliphatic carboxylic acids is 1. The van der Waals surface area contributed by atoms with Gasteiger partial charge in [0.1, 0.15) is 5.57 Å². The first kappa shape index (κ1) is 22.8. The third kappa shape index (κ3) is 4.89. The summed E-state index contributed by atoms with van der Waals surface area (Å²) in [5, 5.41) is 11.6. The lowest BCUT2D eigenvalue weighted by atomic mass is 10.1. The Morgan fingerprint density at radius 1 is 1.16 bits per heavy atom. The number of nitrogens with one attached hydrogen (secondary N) is 1. The Balaban J connectivity index is 1.96. The highest BCUT2D eigenvalue weighted by atomic mass is 35.5. The van der Waals surface area contributed by atoms with Crippen LogP contribution >= 0.6 is 11.6 Å². The molecule has 10 heteroatoms. The third-order valence-corrected chi connectivity index (χ3v) is 4.67. The Bertz CT molecular complexity index is 1110. The molecule has 0 aliphatic carbocycles. The molecule has 0 bridgehead atoms. The quantitative estimate of drug-likeness (QED) is 0.482. The number of carboxylic acids is 1. The Labute approximate surface area is 188 Å². The maximum Gasteiger partial charge on any atom is 0.344 e. The molecule has 4 amide bonds. The Kier molecular flexibility index (Phi) is 6.79. The van der Waals surface area contributed by atoms with Gasteiger partial charge in [-0.15, -0.1) is 0 Å². The molecular formula is C22H19ClN2O7. The summed E-state index contributed by atoms with van der Waals surface area (Å²) in [6.45, 7) is 3.39. The normalized spacial score (nSPS) is 16.0. The van der Waals surface area contributed by atoms with Crippen LogP contribution in [0.5, 0.6) is 11.5 Å². The highest BCUT2D eigenvalue weighted by Crippen LogP contribution is 2.31. The lowest BCUT2D eigenvalue weighted by molar-refractivity contribution is -0.144. The lowest BCUT2D eigenvalue weighted by Crippen LogP contribution is -2.54. The van der Waals surface area contributed by atoms with Crippen LogP contribution in [0.3, 0.4) is 0 Å². The van der Waals surface area contributed by atoms with E-state index in [4.69, 9.17) is 26.2 Å². The predicted octanol–water partition coefficient (Wildman–Crippen LogP) is 3.26. The molecular weight excluding hydrogens is 440 g/mol. The average Bonchev–Trinajstić information content (AvgIpc) is 2.74. The van der Waals surface area contributed by atoms with Gasteiger partial charge in [-0.1, -0.05) is 17.7 Å². The molecule has 9 nitrogen and oxygen atoms in total. The number of amides is 4. The number of carbonyl (C=O) groups is 4. The number of ether oxygens (including phenoxy) is 2. The summed E-state index contributed by atoms with van der Waals surface area (Å²) in [5.41, 5.74) is 0.388. The molecule has 0 saturated carbocycles. The molecule has 1 saturated heterocycles. The van der Waals surface area contributed by atoms with Gasteiger partial charge in [-0.3, -0.25) is 14.9 Å². The van der Waals surface area contributed by atoms with Crippen LogP contribution in [0.4, 0.5) is 10.5 Å². The Morgan fingerprint density at radius 3 is 2.47 bits per heavy atom. The first-order valence-electron chi connectivity index (χ1n) is 9.54. The number of nitrogens with zero attached hydrogens (tertiary/aromatic N) is 1. The van der Waals surface area contributed by atoms with Crippen molar-refractivity contribution in [2.45, 2.75) is 20.0 Å². The smallest absolute Gasteiger partial charge is 0.344 e. The maximum atomic E-state index is 13.0. The van der Waals surface area contributed by atoms with Gasteiger partial charge in [-0.25, -0.2) is 14.5 Å². The molecule has 2 N–H and O–H groups in total. The Morgan fingerprint density at radius 2 is 1.84 bits per heavy atom. The molecule has 0 aromatic heterocycles. The highest BCUT2D eigenvalue weighted by molar-refractivity contribution is 6.39. The maximum absolute atomic E-state index is 13.0. The van der Waals surface area contributed by atoms with Crippen LogP contribution in [-0.4, -0.2) is 41.6 Å².